The van der Waals surface area contributed by atoms with Gasteiger partial charge in [-0.05, 0) is 12.3 Å². The first-order valence-corrected chi connectivity index (χ1v) is 6.54. The van der Waals surface area contributed by atoms with E-state index in [2.05, 4.69) is 14.9 Å². The van der Waals surface area contributed by atoms with Crippen LogP contribution in [0.25, 0.3) is 0 Å². The monoisotopic (exact) mass is 282 g/mol. The molecule has 0 bridgehead atoms. The van der Waals surface area contributed by atoms with Crippen molar-refractivity contribution in [2.24, 2.45) is 0 Å². The van der Waals surface area contributed by atoms with Crippen LogP contribution >= 0.6 is 0 Å². The van der Waals surface area contributed by atoms with Gasteiger partial charge in [0.15, 0.2) is 5.69 Å². The lowest BCUT2D eigenvalue weighted by atomic mass is 10.1. The highest BCUT2D eigenvalue weighted by Crippen LogP contribution is 2.22. The van der Waals surface area contributed by atoms with E-state index in [1.807, 2.05) is 13.8 Å². The highest BCUT2D eigenvalue weighted by atomic mass is 16.5. The number of methoxy groups -OCH3 is 1. The van der Waals surface area contributed by atoms with Gasteiger partial charge in [0.05, 0.1) is 18.5 Å². The van der Waals surface area contributed by atoms with E-state index in [1.165, 1.54) is 12.0 Å². The van der Waals surface area contributed by atoms with Crippen LogP contribution < -0.4 is 5.73 Å². The maximum absolute atomic E-state index is 12.2. The van der Waals surface area contributed by atoms with Crippen LogP contribution in [-0.2, 0) is 9.53 Å². The van der Waals surface area contributed by atoms with Crippen molar-refractivity contribution < 1.29 is 14.3 Å². The van der Waals surface area contributed by atoms with E-state index >= 15 is 0 Å². The molecule has 7 heteroatoms. The van der Waals surface area contributed by atoms with Crippen molar-refractivity contribution in [2.45, 2.75) is 32.6 Å². The van der Waals surface area contributed by atoms with E-state index in [4.69, 9.17) is 5.73 Å². The normalized spacial score (nSPS) is 10.7. The number of amides is 1. The topological polar surface area (TPSA) is 101 Å². The van der Waals surface area contributed by atoms with E-state index in [9.17, 15) is 9.59 Å². The molecule has 0 unspecified atom stereocenters. The van der Waals surface area contributed by atoms with Gasteiger partial charge in [-0.2, -0.15) is 5.10 Å². The number of aromatic amines is 1. The smallest absolute Gasteiger partial charge is 0.305 e. The summed E-state index contributed by atoms with van der Waals surface area (Å²) < 4.78 is 4.55. The highest BCUT2D eigenvalue weighted by molar-refractivity contribution is 5.97. The van der Waals surface area contributed by atoms with Crippen LogP contribution in [0, 0.1) is 0 Å². The zero-order valence-electron chi connectivity index (χ0n) is 12.4. The van der Waals surface area contributed by atoms with Crippen molar-refractivity contribution in [3.05, 3.63) is 11.4 Å². The number of esters is 1. The second-order valence-corrected chi connectivity index (χ2v) is 4.96. The minimum atomic E-state index is -0.285. The van der Waals surface area contributed by atoms with Crippen LogP contribution in [0.4, 0.5) is 5.69 Å². The lowest BCUT2D eigenvalue weighted by Gasteiger charge is -2.15. The summed E-state index contributed by atoms with van der Waals surface area (Å²) in [6, 6.07) is 0. The number of nitrogen functional groups attached to an aromatic ring is 1. The Morgan fingerprint density at radius 2 is 2.10 bits per heavy atom. The first-order chi connectivity index (χ1) is 9.38. The van der Waals surface area contributed by atoms with Crippen molar-refractivity contribution in [1.29, 1.82) is 0 Å². The number of carbonyl (C=O) groups is 2. The summed E-state index contributed by atoms with van der Waals surface area (Å²) in [4.78, 5) is 24.7. The minimum Gasteiger partial charge on any atom is -0.469 e. The molecule has 0 aromatic carbocycles. The van der Waals surface area contributed by atoms with Crippen LogP contribution in [0.5, 0.6) is 0 Å². The summed E-state index contributed by atoms with van der Waals surface area (Å²) in [6.45, 7) is 4.38. The summed E-state index contributed by atoms with van der Waals surface area (Å²) in [5.41, 5.74) is 7.31. The Hall–Kier alpha value is -2.05. The van der Waals surface area contributed by atoms with Crippen molar-refractivity contribution >= 4 is 17.6 Å². The zero-order chi connectivity index (χ0) is 15.3. The average Bonchev–Trinajstić information content (AvgIpc) is 2.79. The van der Waals surface area contributed by atoms with Gasteiger partial charge in [-0.3, -0.25) is 14.7 Å². The number of aromatic nitrogens is 2. The number of H-pyrrole nitrogens is 1. The van der Waals surface area contributed by atoms with Gasteiger partial charge >= 0.3 is 5.97 Å². The lowest BCUT2D eigenvalue weighted by Crippen LogP contribution is -2.29. The Morgan fingerprint density at radius 1 is 1.45 bits per heavy atom. The Bertz CT molecular complexity index is 482. The summed E-state index contributed by atoms with van der Waals surface area (Å²) in [7, 11) is 3.00. The first-order valence-electron chi connectivity index (χ1n) is 6.54. The third-order valence-corrected chi connectivity index (χ3v) is 3.06. The van der Waals surface area contributed by atoms with E-state index in [1.54, 1.807) is 7.05 Å². The molecule has 1 aromatic heterocycles. The number of nitrogens with zero attached hydrogens (tertiary/aromatic N) is 2. The van der Waals surface area contributed by atoms with Gasteiger partial charge in [-0.15, -0.1) is 0 Å². The molecule has 0 spiro atoms. The summed E-state index contributed by atoms with van der Waals surface area (Å²) >= 11 is 0. The van der Waals surface area contributed by atoms with Gasteiger partial charge in [0.1, 0.15) is 0 Å². The molecule has 3 N–H and O–H groups in total. The number of nitrogens with one attached hydrogen (secondary N) is 1. The van der Waals surface area contributed by atoms with Crippen molar-refractivity contribution in [1.82, 2.24) is 15.1 Å². The largest absolute Gasteiger partial charge is 0.469 e. The predicted molar refractivity (Wildman–Crippen MR) is 75.3 cm³/mol. The predicted octanol–water partition coefficient (Wildman–Crippen LogP) is 1.14. The molecule has 0 aliphatic carbocycles. The first kappa shape index (κ1) is 16.0. The van der Waals surface area contributed by atoms with Crippen LogP contribution in [0.1, 0.15) is 48.8 Å². The van der Waals surface area contributed by atoms with Crippen molar-refractivity contribution in [3.63, 3.8) is 0 Å². The van der Waals surface area contributed by atoms with E-state index in [-0.39, 0.29) is 29.9 Å². The molecule has 1 amide bonds. The Kier molecular flexibility index (Phi) is 5.54. The van der Waals surface area contributed by atoms with Gasteiger partial charge in [0.2, 0.25) is 0 Å². The van der Waals surface area contributed by atoms with E-state index in [0.29, 0.717) is 18.7 Å². The third kappa shape index (κ3) is 3.72. The van der Waals surface area contributed by atoms with Crippen molar-refractivity contribution in [3.8, 4) is 0 Å². The molecule has 0 radical (unpaired) electrons. The molecule has 0 aliphatic rings. The molecule has 7 nitrogen and oxygen atoms in total. The average molecular weight is 282 g/mol. The molecule has 0 saturated heterocycles. The van der Waals surface area contributed by atoms with Crippen LogP contribution in [0.3, 0.4) is 0 Å². The number of hydrogen-bond donors (Lipinski definition) is 2. The van der Waals surface area contributed by atoms with E-state index in [0.717, 1.165) is 5.69 Å². The molecule has 0 fully saturated rings. The third-order valence-electron chi connectivity index (χ3n) is 3.06. The summed E-state index contributed by atoms with van der Waals surface area (Å²) in [6.07, 6.45) is 0.817. The fourth-order valence-electron chi connectivity index (χ4n) is 1.81. The van der Waals surface area contributed by atoms with Gasteiger partial charge in [0.25, 0.3) is 5.91 Å². The number of hydrogen-bond acceptors (Lipinski definition) is 5. The van der Waals surface area contributed by atoms with Crippen LogP contribution in [-0.4, -0.2) is 47.7 Å². The Morgan fingerprint density at radius 3 is 2.60 bits per heavy atom. The molecule has 0 saturated carbocycles. The lowest BCUT2D eigenvalue weighted by molar-refractivity contribution is -0.140. The molecule has 112 valence electrons. The summed E-state index contributed by atoms with van der Waals surface area (Å²) in [5, 5.41) is 6.78. The van der Waals surface area contributed by atoms with Gasteiger partial charge < -0.3 is 15.4 Å². The van der Waals surface area contributed by atoms with Crippen LogP contribution in [0.15, 0.2) is 0 Å². The number of ether oxygens (including phenoxy) is 1. The molecule has 0 atom stereocenters. The molecule has 0 aliphatic heterocycles. The van der Waals surface area contributed by atoms with Gasteiger partial charge in [-0.1, -0.05) is 13.8 Å². The van der Waals surface area contributed by atoms with Crippen molar-refractivity contribution in [2.75, 3.05) is 26.4 Å². The second-order valence-electron chi connectivity index (χ2n) is 4.96. The molecule has 1 rings (SSSR count). The molecular formula is C13H22N4O3. The Balaban J connectivity index is 2.63. The number of carbonyl (C=O) groups excluding carboxylic acids is 2. The highest BCUT2D eigenvalue weighted by Gasteiger charge is 2.21. The maximum Gasteiger partial charge on any atom is 0.305 e. The Labute approximate surface area is 118 Å². The zero-order valence-corrected chi connectivity index (χ0v) is 12.4. The minimum absolute atomic E-state index is 0.175. The molecule has 1 aromatic rings. The summed E-state index contributed by atoms with van der Waals surface area (Å²) in [5.74, 6) is -0.364. The quantitative estimate of drug-likeness (QED) is 0.762. The second kappa shape index (κ2) is 6.93. The van der Waals surface area contributed by atoms with Crippen LogP contribution in [0.2, 0.25) is 0 Å². The van der Waals surface area contributed by atoms with Gasteiger partial charge in [-0.25, -0.2) is 0 Å². The fraction of sp³-hybridized carbons (Fsp3) is 0.615. The molecular weight excluding hydrogens is 260 g/mol. The van der Waals surface area contributed by atoms with E-state index < -0.39 is 0 Å². The number of anilines is 1. The number of nitrogens with two attached hydrogens (primary N) is 1. The SMILES string of the molecule is COC(=O)CCCN(C)C(=O)c1n[nH]c(C(C)C)c1N. The van der Waals surface area contributed by atoms with Gasteiger partial charge in [0, 0.05) is 20.0 Å². The fourth-order valence-corrected chi connectivity index (χ4v) is 1.81. The number of rotatable bonds is 6. The maximum atomic E-state index is 12.2. The molecule has 20 heavy (non-hydrogen) atoms. The standard InChI is InChI=1S/C13H22N4O3/c1-8(2)11-10(14)12(16-15-11)13(19)17(3)7-5-6-9(18)20-4/h8H,5-7,14H2,1-4H3,(H,15,16). The molecule has 1 heterocycles.